The zero-order chi connectivity index (χ0) is 12.3. The molecule has 0 atom stereocenters. The maximum atomic E-state index is 10.0. The Kier molecular flexibility index (Phi) is 2.96. The van der Waals surface area contributed by atoms with Gasteiger partial charge in [-0.2, -0.15) is 0 Å². The molecular weight excluding hydrogens is 214 g/mol. The molecule has 0 aromatic heterocycles. The predicted octanol–water partition coefficient (Wildman–Crippen LogP) is 3.42. The van der Waals surface area contributed by atoms with Gasteiger partial charge in [0.1, 0.15) is 18.2 Å². The van der Waals surface area contributed by atoms with Crippen molar-refractivity contribution in [3.8, 4) is 0 Å². The maximum Gasteiger partial charge on any atom is 0.223 e. The van der Waals surface area contributed by atoms with Crippen molar-refractivity contribution in [3.63, 3.8) is 0 Å². The number of anilines is 2. The van der Waals surface area contributed by atoms with Crippen molar-refractivity contribution in [2.24, 2.45) is 0 Å². The summed E-state index contributed by atoms with van der Waals surface area (Å²) >= 11 is 0. The van der Waals surface area contributed by atoms with Gasteiger partial charge in [0.15, 0.2) is 0 Å². The smallest absolute Gasteiger partial charge is 0.223 e. The lowest BCUT2D eigenvalue weighted by atomic mass is 10.1. The number of rotatable bonds is 0. The largest absolute Gasteiger partial charge is 0.493 e. The van der Waals surface area contributed by atoms with Crippen LogP contribution in [-0.4, -0.2) is 6.79 Å². The van der Waals surface area contributed by atoms with Crippen LogP contribution >= 0.6 is 0 Å². The summed E-state index contributed by atoms with van der Waals surface area (Å²) in [4.78, 5) is 8.00. The minimum atomic E-state index is 0.774. The minimum absolute atomic E-state index is 0.774. The topological polar surface area (TPSA) is 54.4 Å². The minimum Gasteiger partial charge on any atom is -0.493 e. The van der Waals surface area contributed by atoms with Gasteiger partial charge in [-0.25, -0.2) is 4.70 Å². The van der Waals surface area contributed by atoms with Gasteiger partial charge in [0.25, 0.3) is 0 Å². The Hall–Kier alpha value is -2.49. The zero-order valence-electron chi connectivity index (χ0n) is 9.13. The molecule has 0 fully saturated rings. The molecule has 0 saturated heterocycles. The monoisotopic (exact) mass is 225 g/mol. The third-order valence-electron chi connectivity index (χ3n) is 2.53. The first-order chi connectivity index (χ1) is 8.36. The molecule has 0 saturated carbocycles. The highest BCUT2D eigenvalue weighted by molar-refractivity contribution is 5.85. The van der Waals surface area contributed by atoms with E-state index in [1.54, 1.807) is 0 Å². The fourth-order valence-electron chi connectivity index (χ4n) is 1.80. The first kappa shape index (κ1) is 11.0. The molecule has 2 aromatic rings. The van der Waals surface area contributed by atoms with E-state index in [0.29, 0.717) is 0 Å². The van der Waals surface area contributed by atoms with Gasteiger partial charge < -0.3 is 15.6 Å². The van der Waals surface area contributed by atoms with Gasteiger partial charge in [0.2, 0.25) is 11.4 Å². The molecule has 17 heavy (non-hydrogen) atoms. The molecule has 84 valence electrons. The number of carbonyl (C=O) groups is 1. The molecule has 0 radical (unpaired) electrons. The molecule has 4 heteroatoms. The Morgan fingerprint density at radius 2 is 1.29 bits per heavy atom. The third-order valence-corrected chi connectivity index (χ3v) is 2.53. The summed E-state index contributed by atoms with van der Waals surface area (Å²) < 4.78 is 1.21. The van der Waals surface area contributed by atoms with Crippen molar-refractivity contribution in [1.82, 2.24) is 4.70 Å². The summed E-state index contributed by atoms with van der Waals surface area (Å²) in [5, 5.41) is 3.27. The summed E-state index contributed by atoms with van der Waals surface area (Å²) in [5.74, 6) is 0. The second-order valence-electron chi connectivity index (χ2n) is 3.47. The fraction of sp³-hybridized carbons (Fsp3) is 0. The number of benzene rings is 2. The van der Waals surface area contributed by atoms with Gasteiger partial charge in [-0.1, -0.05) is 24.3 Å². The number of nitrogens with zero attached hydrogens (tertiary/aromatic N) is 2. The van der Waals surface area contributed by atoms with Gasteiger partial charge in [-0.15, -0.1) is 0 Å². The Morgan fingerprint density at radius 1 is 0.882 bits per heavy atom. The number of nitrogens with one attached hydrogen (secondary N) is 1. The summed E-state index contributed by atoms with van der Waals surface area (Å²) in [5.41, 5.74) is 13.4. The van der Waals surface area contributed by atoms with Crippen LogP contribution in [0.15, 0.2) is 48.5 Å². The van der Waals surface area contributed by atoms with Gasteiger partial charge in [0.05, 0.1) is 0 Å². The standard InChI is InChI=1S/C12H9N3.CH2O/c13-15-11-7-3-1-5-9(11)14-10-6-2-4-8-12(10)15;1-2/h1-8,14H;1H2. The van der Waals surface area contributed by atoms with Gasteiger partial charge in [-0.05, 0) is 12.1 Å². The van der Waals surface area contributed by atoms with E-state index >= 15 is 0 Å². The summed E-state index contributed by atoms with van der Waals surface area (Å²) in [7, 11) is 0. The zero-order valence-corrected chi connectivity index (χ0v) is 9.13. The Bertz CT molecular complexity index is 519. The number of hydrogen-bond acceptors (Lipinski definition) is 2. The lowest BCUT2D eigenvalue weighted by molar-refractivity contribution is -0.0979. The summed E-state index contributed by atoms with van der Waals surface area (Å²) in [6.07, 6.45) is 0. The number of carbonyl (C=O) groups excluding carboxylic acids is 1. The maximum absolute atomic E-state index is 10.0. The van der Waals surface area contributed by atoms with Crippen LogP contribution in [0.25, 0.3) is 5.53 Å². The molecule has 1 heterocycles. The molecule has 0 unspecified atom stereocenters. The molecule has 0 amide bonds. The van der Waals surface area contributed by atoms with Crippen LogP contribution in [0.4, 0.5) is 22.7 Å². The van der Waals surface area contributed by atoms with Crippen molar-refractivity contribution in [1.29, 1.82) is 0 Å². The van der Waals surface area contributed by atoms with Crippen LogP contribution in [-0.2, 0) is 4.79 Å². The third kappa shape index (κ3) is 1.80. The number of fused-ring (bicyclic) bond motifs is 2. The molecule has 1 aliphatic heterocycles. The molecule has 0 spiro atoms. The van der Waals surface area contributed by atoms with E-state index in [1.165, 1.54) is 4.70 Å². The second kappa shape index (κ2) is 4.57. The van der Waals surface area contributed by atoms with Gasteiger partial charge in [-0.3, -0.25) is 0 Å². The van der Waals surface area contributed by atoms with E-state index in [0.717, 1.165) is 22.7 Å². The predicted molar refractivity (Wildman–Crippen MR) is 68.1 cm³/mol. The van der Waals surface area contributed by atoms with Crippen LogP contribution in [0.3, 0.4) is 0 Å². The quantitative estimate of drug-likeness (QED) is 0.596. The highest BCUT2D eigenvalue weighted by atomic mass is 16.1. The first-order valence-corrected chi connectivity index (χ1v) is 5.09. The van der Waals surface area contributed by atoms with Crippen LogP contribution in [0.5, 0.6) is 0 Å². The number of hydrogen-bond donors (Lipinski definition) is 1. The lowest BCUT2D eigenvalue weighted by Crippen LogP contribution is -2.09. The SMILES string of the molecule is C=O.[N-]=[N+]1c2ccccc2Nc2ccccc21. The summed E-state index contributed by atoms with van der Waals surface area (Å²) in [6, 6.07) is 15.3. The van der Waals surface area contributed by atoms with E-state index in [2.05, 4.69) is 5.32 Å². The van der Waals surface area contributed by atoms with Crippen LogP contribution < -0.4 is 10.0 Å². The molecule has 0 aliphatic carbocycles. The Labute approximate surface area is 99.0 Å². The first-order valence-electron chi connectivity index (χ1n) is 5.09. The van der Waals surface area contributed by atoms with E-state index in [9.17, 15) is 5.53 Å². The molecule has 2 aromatic carbocycles. The molecule has 0 bridgehead atoms. The van der Waals surface area contributed by atoms with Crippen molar-refractivity contribution < 1.29 is 4.79 Å². The van der Waals surface area contributed by atoms with Crippen LogP contribution in [0, 0.1) is 0 Å². The molecule has 1 N–H and O–H groups in total. The Morgan fingerprint density at radius 3 is 1.76 bits per heavy atom. The van der Waals surface area contributed by atoms with E-state index in [4.69, 9.17) is 4.79 Å². The Balaban J connectivity index is 0.000000514. The van der Waals surface area contributed by atoms with E-state index in [-0.39, 0.29) is 0 Å². The average Bonchev–Trinajstić information content (AvgIpc) is 2.41. The van der Waals surface area contributed by atoms with E-state index in [1.807, 2.05) is 55.3 Å². The summed E-state index contributed by atoms with van der Waals surface area (Å²) in [6.45, 7) is 2.00. The van der Waals surface area contributed by atoms with Crippen molar-refractivity contribution in [2.75, 3.05) is 5.32 Å². The molecule has 4 nitrogen and oxygen atoms in total. The fourth-order valence-corrected chi connectivity index (χ4v) is 1.80. The van der Waals surface area contributed by atoms with Crippen molar-refractivity contribution >= 4 is 29.5 Å². The highest BCUT2D eigenvalue weighted by Crippen LogP contribution is 2.39. The van der Waals surface area contributed by atoms with Crippen LogP contribution in [0.2, 0.25) is 0 Å². The average molecular weight is 225 g/mol. The van der Waals surface area contributed by atoms with E-state index < -0.39 is 0 Å². The second-order valence-corrected chi connectivity index (χ2v) is 3.47. The number of para-hydroxylation sites is 4. The van der Waals surface area contributed by atoms with Crippen molar-refractivity contribution in [3.05, 3.63) is 54.1 Å². The molecule has 3 rings (SSSR count). The molecule has 1 aliphatic rings. The normalized spacial score (nSPS) is 11.4. The van der Waals surface area contributed by atoms with Gasteiger partial charge in [0, 0.05) is 12.1 Å². The lowest BCUT2D eigenvalue weighted by Gasteiger charge is -2.19. The molecular formula is C13H11N3O. The van der Waals surface area contributed by atoms with Crippen LogP contribution in [0.1, 0.15) is 0 Å². The van der Waals surface area contributed by atoms with Crippen molar-refractivity contribution in [2.45, 2.75) is 0 Å². The highest BCUT2D eigenvalue weighted by Gasteiger charge is 2.21. The van der Waals surface area contributed by atoms with Gasteiger partial charge >= 0.3 is 0 Å².